The molecule has 0 amide bonds. The summed E-state index contributed by atoms with van der Waals surface area (Å²) in [7, 11) is -4.48. The Labute approximate surface area is 156 Å². The topological polar surface area (TPSA) is 116 Å². The molecular formula is C16H24F2O8S. The fourth-order valence-electron chi connectivity index (χ4n) is 4.06. The molecule has 8 nitrogen and oxygen atoms in total. The van der Waals surface area contributed by atoms with Crippen LogP contribution in [0.2, 0.25) is 0 Å². The van der Waals surface area contributed by atoms with Gasteiger partial charge in [0, 0.05) is 13.5 Å². The van der Waals surface area contributed by atoms with Crippen LogP contribution in [0.15, 0.2) is 0 Å². The van der Waals surface area contributed by atoms with E-state index in [2.05, 4.69) is 4.74 Å². The van der Waals surface area contributed by atoms with Crippen LogP contribution in [0.25, 0.3) is 0 Å². The Morgan fingerprint density at radius 3 is 2.30 bits per heavy atom. The summed E-state index contributed by atoms with van der Waals surface area (Å²) in [5.41, 5.74) is 0. The van der Waals surface area contributed by atoms with Crippen molar-refractivity contribution >= 4 is 22.1 Å². The van der Waals surface area contributed by atoms with E-state index in [0.29, 0.717) is 32.1 Å². The molecule has 0 aliphatic heterocycles. The lowest BCUT2D eigenvalue weighted by Crippen LogP contribution is -2.48. The van der Waals surface area contributed by atoms with E-state index in [-0.39, 0.29) is 36.9 Å². The van der Waals surface area contributed by atoms with Crippen LogP contribution >= 0.6 is 0 Å². The molecule has 11 heteroatoms. The molecule has 2 rings (SSSR count). The average molecular weight is 414 g/mol. The van der Waals surface area contributed by atoms with E-state index in [9.17, 15) is 26.8 Å². The number of carbonyl (C=O) groups excluding carboxylic acids is 2. The summed E-state index contributed by atoms with van der Waals surface area (Å²) in [6.07, 6.45) is 3.33. The fraction of sp³-hybridized carbons (Fsp3) is 0.875. The summed E-state index contributed by atoms with van der Waals surface area (Å²) in [4.78, 5) is 23.2. The molecule has 0 aromatic rings. The number of alkyl halides is 2. The van der Waals surface area contributed by atoms with Crippen LogP contribution in [0.3, 0.4) is 0 Å². The van der Waals surface area contributed by atoms with Crippen molar-refractivity contribution < 1.29 is 45.6 Å². The predicted molar refractivity (Wildman–Crippen MR) is 87.1 cm³/mol. The van der Waals surface area contributed by atoms with Crippen LogP contribution in [-0.2, 0) is 33.9 Å². The van der Waals surface area contributed by atoms with Crippen molar-refractivity contribution in [3.63, 3.8) is 0 Å². The van der Waals surface area contributed by atoms with Crippen LogP contribution in [0.5, 0.6) is 0 Å². The first kappa shape index (κ1) is 22.0. The van der Waals surface area contributed by atoms with Crippen molar-refractivity contribution in [1.82, 2.24) is 0 Å². The van der Waals surface area contributed by atoms with Gasteiger partial charge >= 0.3 is 27.3 Å². The molecule has 2 bridgehead atoms. The molecule has 156 valence electrons. The molecule has 0 aromatic carbocycles. The van der Waals surface area contributed by atoms with Crippen molar-refractivity contribution in [2.45, 2.75) is 56.3 Å². The minimum atomic E-state index is -5.88. The maximum Gasteiger partial charge on any atom is 0.465 e. The van der Waals surface area contributed by atoms with Gasteiger partial charge in [-0.3, -0.25) is 9.35 Å². The number of methoxy groups -OCH3 is 1. The Balaban J connectivity index is 1.95. The maximum absolute atomic E-state index is 13.5. The van der Waals surface area contributed by atoms with Crippen molar-refractivity contribution in [2.75, 3.05) is 13.9 Å². The smallest absolute Gasteiger partial charge is 0.456 e. The van der Waals surface area contributed by atoms with Crippen LogP contribution in [0.1, 0.15) is 44.9 Å². The molecule has 1 N–H and O–H groups in total. The van der Waals surface area contributed by atoms with Gasteiger partial charge in [0.25, 0.3) is 0 Å². The highest BCUT2D eigenvalue weighted by molar-refractivity contribution is 7.87. The Hall–Kier alpha value is -1.33. The van der Waals surface area contributed by atoms with Gasteiger partial charge in [0.2, 0.25) is 0 Å². The van der Waals surface area contributed by atoms with E-state index in [4.69, 9.17) is 14.0 Å². The van der Waals surface area contributed by atoms with Gasteiger partial charge in [0.15, 0.2) is 6.79 Å². The number of hydrogen-bond acceptors (Lipinski definition) is 7. The summed E-state index contributed by atoms with van der Waals surface area (Å²) >= 11 is 0. The molecule has 2 fully saturated rings. The zero-order chi connectivity index (χ0) is 20.2. The zero-order valence-electron chi connectivity index (χ0n) is 14.9. The monoisotopic (exact) mass is 414 g/mol. The van der Waals surface area contributed by atoms with E-state index >= 15 is 0 Å². The van der Waals surface area contributed by atoms with Gasteiger partial charge in [-0.25, -0.2) is 4.79 Å². The molecule has 27 heavy (non-hydrogen) atoms. The van der Waals surface area contributed by atoms with E-state index in [1.807, 2.05) is 0 Å². The molecule has 0 heterocycles. The molecule has 0 radical (unpaired) electrons. The number of hydrogen-bond donors (Lipinski definition) is 1. The second-order valence-electron chi connectivity index (χ2n) is 7.11. The molecule has 2 aliphatic carbocycles. The standard InChI is InChI=1S/C16H24F2O8S/c1-24-9-25-13(19)6-5-10-7-11-3-2-4-12(8-10)14(11)26-15(20)16(17,18)27(21,22)23/h10-12,14H,2-9H2,1H3,(H,21,22,23). The Kier molecular flexibility index (Phi) is 7.14. The van der Waals surface area contributed by atoms with Gasteiger partial charge in [-0.2, -0.15) is 17.2 Å². The molecule has 2 unspecified atom stereocenters. The number of esters is 2. The number of carbonyl (C=O) groups is 2. The average Bonchev–Trinajstić information content (AvgIpc) is 2.57. The summed E-state index contributed by atoms with van der Waals surface area (Å²) in [5.74, 6) is -2.83. The Morgan fingerprint density at radius 2 is 1.78 bits per heavy atom. The third kappa shape index (κ3) is 5.35. The molecule has 2 atom stereocenters. The van der Waals surface area contributed by atoms with Crippen molar-refractivity contribution in [3.8, 4) is 0 Å². The van der Waals surface area contributed by atoms with Crippen molar-refractivity contribution in [3.05, 3.63) is 0 Å². The molecule has 2 saturated carbocycles. The lowest BCUT2D eigenvalue weighted by atomic mass is 9.65. The first-order valence-electron chi connectivity index (χ1n) is 8.76. The molecule has 2 aliphatic rings. The number of halogens is 2. The highest BCUT2D eigenvalue weighted by atomic mass is 32.2. The number of fused-ring (bicyclic) bond motifs is 2. The summed E-state index contributed by atoms with van der Waals surface area (Å²) in [6, 6.07) is 0. The van der Waals surface area contributed by atoms with Gasteiger partial charge in [0.1, 0.15) is 6.10 Å². The van der Waals surface area contributed by atoms with E-state index < -0.39 is 27.4 Å². The van der Waals surface area contributed by atoms with E-state index in [1.165, 1.54) is 7.11 Å². The minimum absolute atomic E-state index is 0.116. The molecule has 0 spiro atoms. The largest absolute Gasteiger partial charge is 0.465 e. The summed E-state index contributed by atoms with van der Waals surface area (Å²) < 4.78 is 71.2. The fourth-order valence-corrected chi connectivity index (χ4v) is 4.32. The maximum atomic E-state index is 13.5. The van der Waals surface area contributed by atoms with Gasteiger partial charge in [-0.05, 0) is 49.9 Å². The highest BCUT2D eigenvalue weighted by Gasteiger charge is 2.56. The minimum Gasteiger partial charge on any atom is -0.456 e. The molecule has 0 saturated heterocycles. The van der Waals surface area contributed by atoms with Gasteiger partial charge < -0.3 is 14.2 Å². The van der Waals surface area contributed by atoms with Gasteiger partial charge in [0.05, 0.1) is 0 Å². The van der Waals surface area contributed by atoms with E-state index in [1.54, 1.807) is 0 Å². The lowest BCUT2D eigenvalue weighted by molar-refractivity contribution is -0.179. The SMILES string of the molecule is COCOC(=O)CCC1CC2CCCC(C1)C2OC(=O)C(F)(F)S(=O)(=O)O. The third-order valence-electron chi connectivity index (χ3n) is 5.25. The molecule has 0 aromatic heterocycles. The first-order chi connectivity index (χ1) is 12.6. The van der Waals surface area contributed by atoms with Crippen molar-refractivity contribution in [2.24, 2.45) is 17.8 Å². The van der Waals surface area contributed by atoms with Crippen LogP contribution in [0, 0.1) is 17.8 Å². The normalized spacial score (nSPS) is 28.4. The molecular weight excluding hydrogens is 390 g/mol. The first-order valence-corrected chi connectivity index (χ1v) is 10.2. The Bertz CT molecular complexity index is 637. The van der Waals surface area contributed by atoms with Gasteiger partial charge in [-0.1, -0.05) is 6.42 Å². The van der Waals surface area contributed by atoms with Crippen LogP contribution < -0.4 is 0 Å². The lowest BCUT2D eigenvalue weighted by Gasteiger charge is -2.45. The Morgan fingerprint density at radius 1 is 1.19 bits per heavy atom. The van der Waals surface area contributed by atoms with Crippen molar-refractivity contribution in [1.29, 1.82) is 0 Å². The second-order valence-corrected chi connectivity index (χ2v) is 8.57. The third-order valence-corrected chi connectivity index (χ3v) is 6.07. The van der Waals surface area contributed by atoms with Crippen LogP contribution in [0.4, 0.5) is 8.78 Å². The zero-order valence-corrected chi connectivity index (χ0v) is 15.8. The highest BCUT2D eigenvalue weighted by Crippen LogP contribution is 2.46. The predicted octanol–water partition coefficient (Wildman–Crippen LogP) is 2.13. The quantitative estimate of drug-likeness (QED) is 0.365. The van der Waals surface area contributed by atoms with E-state index in [0.717, 1.165) is 6.42 Å². The summed E-state index contributed by atoms with van der Waals surface area (Å²) in [5, 5.41) is -4.98. The van der Waals surface area contributed by atoms with Gasteiger partial charge in [-0.15, -0.1) is 0 Å². The van der Waals surface area contributed by atoms with Crippen LogP contribution in [-0.4, -0.2) is 50.2 Å². The number of rotatable bonds is 8. The number of ether oxygens (including phenoxy) is 3. The second kappa shape index (κ2) is 8.78. The summed E-state index contributed by atoms with van der Waals surface area (Å²) in [6.45, 7) is -0.116.